The summed E-state index contributed by atoms with van der Waals surface area (Å²) in [6.45, 7) is 1.22. The number of aliphatic hydroxyl groups excluding tert-OH is 1. The number of hydrogen-bond donors (Lipinski definition) is 3. The summed E-state index contributed by atoms with van der Waals surface area (Å²) in [7, 11) is 0. The fraction of sp³-hybridized carbons (Fsp3) is 0.200. The molecule has 0 saturated carbocycles. The van der Waals surface area contributed by atoms with Gasteiger partial charge in [-0.1, -0.05) is 11.6 Å². The molecule has 6 nitrogen and oxygen atoms in total. The Morgan fingerprint density at radius 3 is 2.48 bits per heavy atom. The summed E-state index contributed by atoms with van der Waals surface area (Å²) in [6.07, 6.45) is -0.328. The van der Waals surface area contributed by atoms with Gasteiger partial charge in [-0.15, -0.1) is 0 Å². The van der Waals surface area contributed by atoms with Crippen molar-refractivity contribution < 1.29 is 28.6 Å². The monoisotopic (exact) mass is 422 g/mol. The Kier molecular flexibility index (Phi) is 5.86. The van der Waals surface area contributed by atoms with Gasteiger partial charge in [0.15, 0.2) is 17.4 Å². The number of phenolic OH excluding ortho intramolecular Hbond substituents is 1. The zero-order valence-corrected chi connectivity index (χ0v) is 16.1. The summed E-state index contributed by atoms with van der Waals surface area (Å²) in [6, 6.07) is 6.80. The van der Waals surface area contributed by atoms with Crippen LogP contribution in [0.1, 0.15) is 21.6 Å². The van der Waals surface area contributed by atoms with Gasteiger partial charge >= 0.3 is 0 Å². The first kappa shape index (κ1) is 20.8. The lowest BCUT2D eigenvalue weighted by atomic mass is 10.1. The molecule has 2 aromatic carbocycles. The SMILES string of the molecule is Cc1c(CC(=O)NCCO)c2c(F)c(O)c(F)cc2n1C(=O)c1ccc(Cl)cc1. The molecular weight excluding hydrogens is 406 g/mol. The van der Waals surface area contributed by atoms with E-state index in [9.17, 15) is 23.5 Å². The van der Waals surface area contributed by atoms with Crippen molar-refractivity contribution >= 4 is 34.3 Å². The summed E-state index contributed by atoms with van der Waals surface area (Å²) in [5, 5.41) is 21.2. The lowest BCUT2D eigenvalue weighted by Gasteiger charge is -2.08. The maximum Gasteiger partial charge on any atom is 0.262 e. The number of nitrogens with zero attached hydrogens (tertiary/aromatic N) is 1. The first-order chi connectivity index (χ1) is 13.8. The van der Waals surface area contributed by atoms with Gasteiger partial charge in [-0.3, -0.25) is 14.2 Å². The molecule has 0 atom stereocenters. The van der Waals surface area contributed by atoms with Crippen molar-refractivity contribution in [1.29, 1.82) is 0 Å². The number of rotatable bonds is 5. The highest BCUT2D eigenvalue weighted by Gasteiger charge is 2.26. The molecule has 0 saturated heterocycles. The molecule has 0 fully saturated rings. The third-order valence-corrected chi connectivity index (χ3v) is 4.81. The van der Waals surface area contributed by atoms with Crippen molar-refractivity contribution in [2.24, 2.45) is 0 Å². The quantitative estimate of drug-likeness (QED) is 0.589. The fourth-order valence-corrected chi connectivity index (χ4v) is 3.30. The molecule has 0 aliphatic carbocycles. The molecule has 0 aliphatic rings. The van der Waals surface area contributed by atoms with Crippen LogP contribution in [-0.2, 0) is 11.2 Å². The van der Waals surface area contributed by atoms with E-state index >= 15 is 0 Å². The number of aliphatic hydroxyl groups is 1. The minimum atomic E-state index is -1.25. The molecule has 0 unspecified atom stereocenters. The number of amides is 1. The molecule has 3 N–H and O–H groups in total. The van der Waals surface area contributed by atoms with E-state index in [1.165, 1.54) is 31.2 Å². The number of carbonyl (C=O) groups excluding carboxylic acids is 2. The molecule has 152 valence electrons. The van der Waals surface area contributed by atoms with Crippen molar-refractivity contribution in [2.75, 3.05) is 13.2 Å². The Bertz CT molecular complexity index is 1110. The normalized spacial score (nSPS) is 11.1. The van der Waals surface area contributed by atoms with Gasteiger partial charge in [0, 0.05) is 34.3 Å². The molecular formula is C20H17ClF2N2O4. The van der Waals surface area contributed by atoms with E-state index in [-0.39, 0.29) is 47.3 Å². The van der Waals surface area contributed by atoms with E-state index in [0.29, 0.717) is 5.02 Å². The number of fused-ring (bicyclic) bond motifs is 1. The minimum Gasteiger partial charge on any atom is -0.503 e. The lowest BCUT2D eigenvalue weighted by molar-refractivity contribution is -0.120. The predicted octanol–water partition coefficient (Wildman–Crippen LogP) is 2.93. The van der Waals surface area contributed by atoms with Gasteiger partial charge in [0.1, 0.15) is 0 Å². The smallest absolute Gasteiger partial charge is 0.262 e. The molecule has 9 heteroatoms. The predicted molar refractivity (Wildman–Crippen MR) is 103 cm³/mol. The highest BCUT2D eigenvalue weighted by Crippen LogP contribution is 2.35. The first-order valence-corrected chi connectivity index (χ1v) is 9.02. The molecule has 0 spiro atoms. The highest BCUT2D eigenvalue weighted by atomic mass is 35.5. The number of hydrogen-bond acceptors (Lipinski definition) is 4. The van der Waals surface area contributed by atoms with Gasteiger partial charge in [0.05, 0.1) is 18.5 Å². The van der Waals surface area contributed by atoms with Crippen LogP contribution in [0.15, 0.2) is 30.3 Å². The summed E-state index contributed by atoms with van der Waals surface area (Å²) in [4.78, 5) is 25.2. The summed E-state index contributed by atoms with van der Waals surface area (Å²) >= 11 is 5.84. The number of nitrogens with one attached hydrogen (secondary N) is 1. The molecule has 29 heavy (non-hydrogen) atoms. The second kappa shape index (κ2) is 8.18. The average Bonchev–Trinajstić information content (AvgIpc) is 2.96. The summed E-state index contributed by atoms with van der Waals surface area (Å²) in [5.74, 6) is -4.77. The topological polar surface area (TPSA) is 91.6 Å². The molecule has 1 aromatic heterocycles. The second-order valence-electron chi connectivity index (χ2n) is 6.38. The molecule has 0 aliphatic heterocycles. The molecule has 3 rings (SSSR count). The average molecular weight is 423 g/mol. The van der Waals surface area contributed by atoms with Crippen molar-refractivity contribution in [1.82, 2.24) is 9.88 Å². The van der Waals surface area contributed by atoms with Crippen LogP contribution in [0, 0.1) is 18.6 Å². The molecule has 3 aromatic rings. The summed E-state index contributed by atoms with van der Waals surface area (Å²) in [5.41, 5.74) is 0.466. The van der Waals surface area contributed by atoms with Gasteiger partial charge in [0.25, 0.3) is 5.91 Å². The van der Waals surface area contributed by atoms with Crippen molar-refractivity contribution in [3.05, 3.63) is 63.8 Å². The summed E-state index contributed by atoms with van der Waals surface area (Å²) < 4.78 is 29.9. The van der Waals surface area contributed by atoms with E-state index in [1.807, 2.05) is 0 Å². The lowest BCUT2D eigenvalue weighted by Crippen LogP contribution is -2.28. The van der Waals surface area contributed by atoms with E-state index < -0.39 is 29.2 Å². The Labute approximate surface area is 169 Å². The van der Waals surface area contributed by atoms with Crippen LogP contribution in [0.3, 0.4) is 0 Å². The Hall–Kier alpha value is -2.97. The molecule has 0 radical (unpaired) electrons. The van der Waals surface area contributed by atoms with E-state index in [4.69, 9.17) is 16.7 Å². The van der Waals surface area contributed by atoms with Crippen LogP contribution in [0.4, 0.5) is 8.78 Å². The number of aromatic hydroxyl groups is 1. The third kappa shape index (κ3) is 3.81. The Morgan fingerprint density at radius 2 is 1.86 bits per heavy atom. The zero-order chi connectivity index (χ0) is 21.3. The van der Waals surface area contributed by atoms with Crippen LogP contribution in [0.2, 0.25) is 5.02 Å². The second-order valence-corrected chi connectivity index (χ2v) is 6.81. The van der Waals surface area contributed by atoms with Crippen LogP contribution >= 0.6 is 11.6 Å². The first-order valence-electron chi connectivity index (χ1n) is 8.65. The number of benzene rings is 2. The number of carbonyl (C=O) groups is 2. The molecule has 1 heterocycles. The molecule has 0 bridgehead atoms. The standard InChI is InChI=1S/C20H17ClF2N2O4/c1-10-13(8-16(27)24-6-7-26)17-15(9-14(22)19(28)18(17)23)25(10)20(29)11-2-4-12(21)5-3-11/h2-5,9,26,28H,6-8H2,1H3,(H,24,27). The van der Waals surface area contributed by atoms with Gasteiger partial charge < -0.3 is 15.5 Å². The maximum absolute atomic E-state index is 14.7. The van der Waals surface area contributed by atoms with Crippen molar-refractivity contribution in [2.45, 2.75) is 13.3 Å². The maximum atomic E-state index is 14.7. The Morgan fingerprint density at radius 1 is 1.21 bits per heavy atom. The van der Waals surface area contributed by atoms with E-state index in [1.54, 1.807) is 0 Å². The minimum absolute atomic E-state index is 0.00257. The number of halogens is 3. The van der Waals surface area contributed by atoms with Crippen LogP contribution in [0.25, 0.3) is 10.9 Å². The number of phenols is 1. The van der Waals surface area contributed by atoms with E-state index in [2.05, 4.69) is 5.32 Å². The fourth-order valence-electron chi connectivity index (χ4n) is 3.17. The van der Waals surface area contributed by atoms with Gasteiger partial charge in [-0.25, -0.2) is 8.78 Å². The van der Waals surface area contributed by atoms with Crippen molar-refractivity contribution in [3.8, 4) is 5.75 Å². The van der Waals surface area contributed by atoms with Crippen molar-refractivity contribution in [3.63, 3.8) is 0 Å². The van der Waals surface area contributed by atoms with Crippen LogP contribution in [-0.4, -0.2) is 39.7 Å². The largest absolute Gasteiger partial charge is 0.503 e. The van der Waals surface area contributed by atoms with Crippen LogP contribution in [0.5, 0.6) is 5.75 Å². The molecule has 1 amide bonds. The van der Waals surface area contributed by atoms with Gasteiger partial charge in [-0.05, 0) is 36.8 Å². The van der Waals surface area contributed by atoms with Crippen LogP contribution < -0.4 is 5.32 Å². The highest BCUT2D eigenvalue weighted by molar-refractivity contribution is 6.30. The Balaban J connectivity index is 2.22. The van der Waals surface area contributed by atoms with Gasteiger partial charge in [-0.2, -0.15) is 0 Å². The number of aromatic nitrogens is 1. The third-order valence-electron chi connectivity index (χ3n) is 4.55. The van der Waals surface area contributed by atoms with E-state index in [0.717, 1.165) is 10.6 Å². The zero-order valence-electron chi connectivity index (χ0n) is 15.3. The van der Waals surface area contributed by atoms with Gasteiger partial charge in [0.2, 0.25) is 5.91 Å².